The van der Waals surface area contributed by atoms with Crippen LogP contribution in [0.5, 0.6) is 5.75 Å². The van der Waals surface area contributed by atoms with Gasteiger partial charge in [0.2, 0.25) is 0 Å². The summed E-state index contributed by atoms with van der Waals surface area (Å²) in [6.07, 6.45) is 5.82. The van der Waals surface area contributed by atoms with Gasteiger partial charge in [-0.3, -0.25) is 14.2 Å². The fourth-order valence-electron chi connectivity index (χ4n) is 2.90. The van der Waals surface area contributed by atoms with Gasteiger partial charge in [0, 0.05) is 12.0 Å². The van der Waals surface area contributed by atoms with Crippen LogP contribution in [0, 0.1) is 19.3 Å². The van der Waals surface area contributed by atoms with E-state index in [9.17, 15) is 9.59 Å². The van der Waals surface area contributed by atoms with Crippen molar-refractivity contribution in [2.24, 2.45) is 5.73 Å². The van der Waals surface area contributed by atoms with Crippen molar-refractivity contribution in [3.8, 4) is 18.1 Å². The maximum atomic E-state index is 13.0. The Morgan fingerprint density at radius 1 is 1.42 bits per heavy atom. The molecule has 3 aromatic rings. The van der Waals surface area contributed by atoms with Crippen LogP contribution >= 0.6 is 11.3 Å². The average Bonchev–Trinajstić information content (AvgIpc) is 2.95. The predicted octanol–water partition coefficient (Wildman–Crippen LogP) is 2.10. The number of fused-ring (bicyclic) bond motifs is 1. The summed E-state index contributed by atoms with van der Waals surface area (Å²) in [6, 6.07) is 7.51. The van der Waals surface area contributed by atoms with Crippen molar-refractivity contribution in [1.29, 1.82) is 0 Å². The number of amides is 1. The number of rotatable bonds is 5. The summed E-state index contributed by atoms with van der Waals surface area (Å²) in [6.45, 7) is 1.79. The lowest BCUT2D eigenvalue weighted by Crippen LogP contribution is -2.25. The highest BCUT2D eigenvalue weighted by atomic mass is 32.1. The van der Waals surface area contributed by atoms with Crippen molar-refractivity contribution in [3.63, 3.8) is 0 Å². The second kappa shape index (κ2) is 7.02. The van der Waals surface area contributed by atoms with Gasteiger partial charge in [-0.15, -0.1) is 17.8 Å². The fraction of sp³-hybridized carbons (Fsp3) is 0.211. The third-order valence-corrected chi connectivity index (χ3v) is 5.34. The zero-order valence-corrected chi connectivity index (χ0v) is 15.2. The van der Waals surface area contributed by atoms with E-state index in [2.05, 4.69) is 10.9 Å². The van der Waals surface area contributed by atoms with Gasteiger partial charge in [-0.05, 0) is 18.6 Å². The zero-order valence-electron chi connectivity index (χ0n) is 14.4. The molecule has 0 aliphatic heterocycles. The fourth-order valence-corrected chi connectivity index (χ4v) is 3.94. The quantitative estimate of drug-likeness (QED) is 0.700. The SMILES string of the molecule is C#CCn1c(Cc2ccccc2OC)nc2sc(C(N)=O)c(C)c2c1=O. The van der Waals surface area contributed by atoms with Gasteiger partial charge in [-0.2, -0.15) is 0 Å². The third kappa shape index (κ3) is 2.95. The maximum absolute atomic E-state index is 13.0. The molecule has 0 radical (unpaired) electrons. The Labute approximate surface area is 154 Å². The van der Waals surface area contributed by atoms with Gasteiger partial charge in [-0.1, -0.05) is 24.1 Å². The molecule has 2 aromatic heterocycles. The molecule has 132 valence electrons. The highest BCUT2D eigenvalue weighted by Crippen LogP contribution is 2.28. The first-order valence-corrected chi connectivity index (χ1v) is 8.67. The lowest BCUT2D eigenvalue weighted by atomic mass is 10.1. The summed E-state index contributed by atoms with van der Waals surface area (Å²) in [5.41, 5.74) is 6.58. The molecule has 0 unspecified atom stereocenters. The van der Waals surface area contributed by atoms with Crippen LogP contribution in [-0.4, -0.2) is 22.6 Å². The van der Waals surface area contributed by atoms with E-state index in [1.54, 1.807) is 14.0 Å². The molecule has 26 heavy (non-hydrogen) atoms. The van der Waals surface area contributed by atoms with Crippen LogP contribution in [0.15, 0.2) is 29.1 Å². The zero-order chi connectivity index (χ0) is 18.8. The number of thiophene rings is 1. The van der Waals surface area contributed by atoms with Gasteiger partial charge in [0.1, 0.15) is 16.4 Å². The number of benzene rings is 1. The van der Waals surface area contributed by atoms with Crippen LogP contribution in [0.4, 0.5) is 0 Å². The number of methoxy groups -OCH3 is 1. The van der Waals surface area contributed by atoms with Crippen molar-refractivity contribution in [3.05, 3.63) is 56.4 Å². The summed E-state index contributed by atoms with van der Waals surface area (Å²) < 4.78 is 6.83. The van der Waals surface area contributed by atoms with Crippen LogP contribution < -0.4 is 16.0 Å². The number of carbonyl (C=O) groups is 1. The minimum atomic E-state index is -0.570. The lowest BCUT2D eigenvalue weighted by Gasteiger charge is -2.12. The number of nitrogens with two attached hydrogens (primary N) is 1. The van der Waals surface area contributed by atoms with E-state index in [4.69, 9.17) is 16.9 Å². The van der Waals surface area contributed by atoms with E-state index >= 15 is 0 Å². The molecule has 0 fully saturated rings. The molecule has 0 saturated carbocycles. The minimum absolute atomic E-state index is 0.0907. The second-order valence-electron chi connectivity index (χ2n) is 5.71. The summed E-state index contributed by atoms with van der Waals surface area (Å²) in [5.74, 6) is 3.15. The largest absolute Gasteiger partial charge is 0.496 e. The highest BCUT2D eigenvalue weighted by molar-refractivity contribution is 7.20. The first-order valence-electron chi connectivity index (χ1n) is 7.85. The van der Waals surface area contributed by atoms with Gasteiger partial charge >= 0.3 is 0 Å². The van der Waals surface area contributed by atoms with E-state index < -0.39 is 5.91 Å². The molecule has 0 aliphatic carbocycles. The van der Waals surface area contributed by atoms with Crippen molar-refractivity contribution in [1.82, 2.24) is 9.55 Å². The van der Waals surface area contributed by atoms with Crippen molar-refractivity contribution < 1.29 is 9.53 Å². The Kier molecular flexibility index (Phi) is 4.78. The topological polar surface area (TPSA) is 87.2 Å². The Morgan fingerprint density at radius 2 is 2.15 bits per heavy atom. The van der Waals surface area contributed by atoms with E-state index in [-0.39, 0.29) is 12.1 Å². The van der Waals surface area contributed by atoms with Crippen molar-refractivity contribution in [2.45, 2.75) is 19.9 Å². The number of primary amides is 1. The number of hydrogen-bond acceptors (Lipinski definition) is 5. The number of aromatic nitrogens is 2. The first-order chi connectivity index (χ1) is 12.5. The van der Waals surface area contributed by atoms with Crippen LogP contribution in [0.1, 0.15) is 26.6 Å². The summed E-state index contributed by atoms with van der Waals surface area (Å²) in [5, 5.41) is 0.392. The monoisotopic (exact) mass is 367 g/mol. The van der Waals surface area contributed by atoms with E-state index in [0.717, 1.165) is 16.9 Å². The van der Waals surface area contributed by atoms with Gasteiger partial charge in [-0.25, -0.2) is 4.98 Å². The molecule has 7 heteroatoms. The molecule has 0 aliphatic rings. The molecular formula is C19H17N3O3S. The van der Waals surface area contributed by atoms with Crippen molar-refractivity contribution in [2.75, 3.05) is 7.11 Å². The van der Waals surface area contributed by atoms with Gasteiger partial charge < -0.3 is 10.5 Å². The summed E-state index contributed by atoms with van der Waals surface area (Å²) in [4.78, 5) is 30.0. The Balaban J connectivity index is 2.24. The number of para-hydroxylation sites is 1. The average molecular weight is 367 g/mol. The van der Waals surface area contributed by atoms with Crippen LogP contribution in [0.3, 0.4) is 0 Å². The summed E-state index contributed by atoms with van der Waals surface area (Å²) in [7, 11) is 1.59. The lowest BCUT2D eigenvalue weighted by molar-refractivity contribution is 0.100. The molecule has 2 heterocycles. The van der Waals surface area contributed by atoms with Gasteiger partial charge in [0.15, 0.2) is 0 Å². The Bertz CT molecular complexity index is 1110. The van der Waals surface area contributed by atoms with Crippen LogP contribution in [0.2, 0.25) is 0 Å². The van der Waals surface area contributed by atoms with Crippen LogP contribution in [-0.2, 0) is 13.0 Å². The number of terminal acetylenes is 1. The molecular weight excluding hydrogens is 350 g/mol. The Hall–Kier alpha value is -3.11. The first kappa shape index (κ1) is 17.7. The second-order valence-corrected chi connectivity index (χ2v) is 6.71. The predicted molar refractivity (Wildman–Crippen MR) is 102 cm³/mol. The number of ether oxygens (including phenoxy) is 1. The molecule has 0 atom stereocenters. The molecule has 3 rings (SSSR count). The highest BCUT2D eigenvalue weighted by Gasteiger charge is 2.20. The number of aryl methyl sites for hydroxylation is 1. The smallest absolute Gasteiger partial charge is 0.263 e. The third-order valence-electron chi connectivity index (χ3n) is 4.14. The van der Waals surface area contributed by atoms with Gasteiger partial charge in [0.05, 0.1) is 23.9 Å². The number of hydrogen-bond donors (Lipinski definition) is 1. The maximum Gasteiger partial charge on any atom is 0.263 e. The van der Waals surface area contributed by atoms with E-state index in [1.807, 2.05) is 24.3 Å². The standard InChI is InChI=1S/C19H17N3O3S/c1-4-9-22-14(10-12-7-5-6-8-13(12)25-3)21-18-15(19(22)24)11(2)16(26-18)17(20)23/h1,5-8H,9-10H2,2-3H3,(H2,20,23). The molecule has 1 amide bonds. The Morgan fingerprint density at radius 3 is 2.81 bits per heavy atom. The van der Waals surface area contributed by atoms with Crippen LogP contribution in [0.25, 0.3) is 10.2 Å². The minimum Gasteiger partial charge on any atom is -0.496 e. The van der Waals surface area contributed by atoms with Crippen molar-refractivity contribution >= 4 is 27.5 Å². The molecule has 0 spiro atoms. The molecule has 0 bridgehead atoms. The summed E-state index contributed by atoms with van der Waals surface area (Å²) >= 11 is 1.13. The normalized spacial score (nSPS) is 10.7. The van der Waals surface area contributed by atoms with Gasteiger partial charge in [0.25, 0.3) is 11.5 Å². The number of carbonyl (C=O) groups excluding carboxylic acids is 1. The molecule has 1 aromatic carbocycles. The molecule has 0 saturated heterocycles. The molecule has 6 nitrogen and oxygen atoms in total. The molecule has 2 N–H and O–H groups in total. The van der Waals surface area contributed by atoms with E-state index in [1.165, 1.54) is 4.57 Å². The number of nitrogens with zero attached hydrogens (tertiary/aromatic N) is 2. The van der Waals surface area contributed by atoms with E-state index in [0.29, 0.717) is 38.7 Å².